The van der Waals surface area contributed by atoms with E-state index < -0.39 is 0 Å². The third kappa shape index (κ3) is 6.19. The van der Waals surface area contributed by atoms with Gasteiger partial charge in [-0.15, -0.1) is 0 Å². The molecule has 1 aromatic heterocycles. The molecule has 3 aromatic rings. The first kappa shape index (κ1) is 26.0. The van der Waals surface area contributed by atoms with Crippen LogP contribution in [-0.2, 0) is 4.74 Å². The monoisotopic (exact) mass is 529 g/mol. The van der Waals surface area contributed by atoms with Gasteiger partial charge in [-0.3, -0.25) is 9.69 Å². The van der Waals surface area contributed by atoms with Crippen LogP contribution in [0.25, 0.3) is 10.8 Å². The van der Waals surface area contributed by atoms with Gasteiger partial charge in [0.1, 0.15) is 18.2 Å². The molecule has 3 aliphatic rings. The number of ether oxygens (including phenoxy) is 2. The van der Waals surface area contributed by atoms with Crippen molar-refractivity contribution in [2.24, 2.45) is 0 Å². The van der Waals surface area contributed by atoms with Crippen molar-refractivity contribution >= 4 is 28.2 Å². The van der Waals surface area contributed by atoms with E-state index in [2.05, 4.69) is 25.0 Å². The third-order valence-corrected chi connectivity index (χ3v) is 8.35. The molecule has 39 heavy (non-hydrogen) atoms. The number of benzene rings is 2. The third-order valence-electron chi connectivity index (χ3n) is 8.35. The smallest absolute Gasteiger partial charge is 0.255 e. The number of hydrogen-bond donors (Lipinski definition) is 1. The molecule has 3 fully saturated rings. The van der Waals surface area contributed by atoms with Crippen LogP contribution in [0.3, 0.4) is 0 Å². The van der Waals surface area contributed by atoms with Gasteiger partial charge in [0.2, 0.25) is 0 Å². The first-order chi connectivity index (χ1) is 19.2. The molecule has 3 saturated heterocycles. The highest BCUT2D eigenvalue weighted by Gasteiger charge is 2.27. The van der Waals surface area contributed by atoms with Crippen LogP contribution in [0.5, 0.6) is 5.75 Å². The van der Waals surface area contributed by atoms with Gasteiger partial charge in [-0.05, 0) is 63.0 Å². The summed E-state index contributed by atoms with van der Waals surface area (Å²) in [5.41, 5.74) is 1.40. The Morgan fingerprint density at radius 1 is 0.949 bits per heavy atom. The average Bonchev–Trinajstić information content (AvgIpc) is 3.54. The average molecular weight is 530 g/mol. The topological polar surface area (TPSA) is 70.2 Å². The zero-order valence-electron chi connectivity index (χ0n) is 22.7. The number of anilines is 2. The Labute approximate surface area is 230 Å². The molecule has 6 rings (SSSR count). The first-order valence-corrected chi connectivity index (χ1v) is 14.5. The van der Waals surface area contributed by atoms with Crippen molar-refractivity contribution < 1.29 is 14.3 Å². The van der Waals surface area contributed by atoms with Crippen molar-refractivity contribution in [2.75, 3.05) is 75.9 Å². The van der Waals surface area contributed by atoms with Crippen LogP contribution in [0.1, 0.15) is 36.0 Å². The van der Waals surface area contributed by atoms with Crippen molar-refractivity contribution in [1.29, 1.82) is 0 Å². The van der Waals surface area contributed by atoms with Gasteiger partial charge >= 0.3 is 0 Å². The molecule has 8 nitrogen and oxygen atoms in total. The van der Waals surface area contributed by atoms with Gasteiger partial charge in [0, 0.05) is 67.0 Å². The normalized spacial score (nSPS) is 19.4. The number of piperidine rings is 1. The maximum absolute atomic E-state index is 13.3. The van der Waals surface area contributed by atoms with E-state index >= 15 is 0 Å². The largest absolute Gasteiger partial charge is 0.492 e. The second kappa shape index (κ2) is 12.3. The summed E-state index contributed by atoms with van der Waals surface area (Å²) in [6.07, 6.45) is 6.73. The summed E-state index contributed by atoms with van der Waals surface area (Å²) in [6, 6.07) is 16.4. The number of rotatable bonds is 8. The molecule has 1 amide bonds. The van der Waals surface area contributed by atoms with E-state index in [9.17, 15) is 4.79 Å². The predicted molar refractivity (Wildman–Crippen MR) is 155 cm³/mol. The lowest BCUT2D eigenvalue weighted by molar-refractivity contribution is 0.0323. The van der Waals surface area contributed by atoms with Gasteiger partial charge in [-0.1, -0.05) is 24.3 Å². The maximum Gasteiger partial charge on any atom is 0.255 e. The Morgan fingerprint density at radius 2 is 1.72 bits per heavy atom. The van der Waals surface area contributed by atoms with E-state index in [1.807, 2.05) is 42.5 Å². The van der Waals surface area contributed by atoms with Crippen molar-refractivity contribution in [3.63, 3.8) is 0 Å². The van der Waals surface area contributed by atoms with E-state index in [0.29, 0.717) is 18.2 Å². The lowest BCUT2D eigenvalue weighted by Crippen LogP contribution is -2.44. The quantitative estimate of drug-likeness (QED) is 0.468. The van der Waals surface area contributed by atoms with Gasteiger partial charge < -0.3 is 24.6 Å². The molecule has 0 saturated carbocycles. The van der Waals surface area contributed by atoms with E-state index in [1.54, 1.807) is 12.3 Å². The number of nitrogens with one attached hydrogen (secondary N) is 1. The van der Waals surface area contributed by atoms with E-state index in [4.69, 9.17) is 9.47 Å². The molecular formula is C31H39N5O3. The number of carbonyl (C=O) groups excluding carboxylic acids is 1. The summed E-state index contributed by atoms with van der Waals surface area (Å²) in [5.74, 6) is 1.59. The van der Waals surface area contributed by atoms with Crippen LogP contribution in [0.2, 0.25) is 0 Å². The highest BCUT2D eigenvalue weighted by Crippen LogP contribution is 2.32. The van der Waals surface area contributed by atoms with Crippen LogP contribution < -0.4 is 15.0 Å². The molecule has 1 N–H and O–H groups in total. The lowest BCUT2D eigenvalue weighted by atomic mass is 10.0. The second-order valence-electron chi connectivity index (χ2n) is 10.8. The summed E-state index contributed by atoms with van der Waals surface area (Å²) in [6.45, 7) is 9.41. The van der Waals surface area contributed by atoms with Crippen molar-refractivity contribution in [2.45, 2.75) is 31.7 Å². The van der Waals surface area contributed by atoms with Gasteiger partial charge in [0.05, 0.1) is 13.2 Å². The number of pyridine rings is 1. The van der Waals surface area contributed by atoms with Crippen LogP contribution >= 0.6 is 0 Å². The van der Waals surface area contributed by atoms with Gasteiger partial charge in [0.25, 0.3) is 5.91 Å². The molecule has 4 heterocycles. The minimum atomic E-state index is -0.128. The Bertz CT molecular complexity index is 1260. The summed E-state index contributed by atoms with van der Waals surface area (Å²) in [4.78, 5) is 25.3. The van der Waals surface area contributed by atoms with Gasteiger partial charge in [0.15, 0.2) is 0 Å². The first-order valence-electron chi connectivity index (χ1n) is 14.5. The highest BCUT2D eigenvalue weighted by molar-refractivity contribution is 6.10. The molecule has 0 bridgehead atoms. The fraction of sp³-hybridized carbons (Fsp3) is 0.484. The van der Waals surface area contributed by atoms with Crippen LogP contribution in [-0.4, -0.2) is 92.4 Å². The Hall–Kier alpha value is -3.20. The SMILES string of the molecule is O=C(Nc1ccc(OCCN2CCOCC2)c2ccccc12)c1ccnc(N2CCC(N3CCCC3)CC2)c1. The van der Waals surface area contributed by atoms with Gasteiger partial charge in [-0.2, -0.15) is 0 Å². The lowest BCUT2D eigenvalue weighted by Gasteiger charge is -2.37. The molecular weight excluding hydrogens is 490 g/mol. The summed E-state index contributed by atoms with van der Waals surface area (Å²) in [7, 11) is 0. The minimum Gasteiger partial charge on any atom is -0.492 e. The number of nitrogens with zero attached hydrogens (tertiary/aromatic N) is 4. The number of fused-ring (bicyclic) bond motifs is 1. The summed E-state index contributed by atoms with van der Waals surface area (Å²) >= 11 is 0. The Morgan fingerprint density at radius 3 is 2.51 bits per heavy atom. The fourth-order valence-electron chi connectivity index (χ4n) is 6.11. The number of aromatic nitrogens is 1. The number of carbonyl (C=O) groups is 1. The van der Waals surface area contributed by atoms with E-state index in [1.165, 1.54) is 25.9 Å². The van der Waals surface area contributed by atoms with E-state index in [-0.39, 0.29) is 5.91 Å². The summed E-state index contributed by atoms with van der Waals surface area (Å²) < 4.78 is 11.6. The number of morpholine rings is 1. The van der Waals surface area contributed by atoms with Crippen molar-refractivity contribution in [1.82, 2.24) is 14.8 Å². The molecule has 0 unspecified atom stereocenters. The molecule has 0 atom stereocenters. The molecule has 0 aliphatic carbocycles. The van der Waals surface area contributed by atoms with Crippen LogP contribution in [0, 0.1) is 0 Å². The van der Waals surface area contributed by atoms with Crippen LogP contribution in [0.15, 0.2) is 54.7 Å². The van der Waals surface area contributed by atoms with Crippen LogP contribution in [0.4, 0.5) is 11.5 Å². The number of hydrogen-bond acceptors (Lipinski definition) is 7. The minimum absolute atomic E-state index is 0.128. The molecule has 0 radical (unpaired) electrons. The molecule has 3 aliphatic heterocycles. The van der Waals surface area contributed by atoms with E-state index in [0.717, 1.165) is 86.8 Å². The highest BCUT2D eigenvalue weighted by atomic mass is 16.5. The molecule has 0 spiro atoms. The molecule has 206 valence electrons. The number of likely N-dealkylation sites (tertiary alicyclic amines) is 1. The second-order valence-corrected chi connectivity index (χ2v) is 10.8. The molecule has 2 aromatic carbocycles. The Balaban J connectivity index is 1.10. The molecule has 8 heteroatoms. The zero-order chi connectivity index (χ0) is 26.4. The number of amides is 1. The predicted octanol–water partition coefficient (Wildman–Crippen LogP) is 4.26. The van der Waals surface area contributed by atoms with Crippen molar-refractivity contribution in [3.8, 4) is 5.75 Å². The zero-order valence-corrected chi connectivity index (χ0v) is 22.7. The Kier molecular flexibility index (Phi) is 8.23. The van der Waals surface area contributed by atoms with Crippen molar-refractivity contribution in [3.05, 3.63) is 60.3 Å². The standard InChI is InChI=1S/C31H39N5O3/c37-31(24-9-12-32-30(23-24)36-15-10-25(11-16-36)35-13-3-4-14-35)33-28-7-8-29(27-6-2-1-5-26(27)28)39-22-19-34-17-20-38-21-18-34/h1-2,5-9,12,23,25H,3-4,10-11,13-22H2,(H,33,37). The fourth-order valence-corrected chi connectivity index (χ4v) is 6.11. The maximum atomic E-state index is 13.3. The van der Waals surface area contributed by atoms with Gasteiger partial charge in [-0.25, -0.2) is 4.98 Å². The summed E-state index contributed by atoms with van der Waals surface area (Å²) in [5, 5.41) is 5.10.